The number of hydrogen-bond acceptors (Lipinski definition) is 5. The molecule has 2 unspecified atom stereocenters. The molecule has 0 spiro atoms. The summed E-state index contributed by atoms with van der Waals surface area (Å²) in [5, 5.41) is 22.5. The van der Waals surface area contributed by atoms with Crippen LogP contribution in [0.1, 0.15) is 13.3 Å². The van der Waals surface area contributed by atoms with E-state index < -0.39 is 24.1 Å². The molecule has 4 N–H and O–H groups in total. The number of amides is 3. The van der Waals surface area contributed by atoms with Crippen molar-refractivity contribution in [1.82, 2.24) is 15.5 Å². The Bertz CT molecular complexity index is 381. The topological polar surface area (TPSA) is 128 Å². The number of morpholine rings is 1. The quantitative estimate of drug-likeness (QED) is 0.466. The number of rotatable bonds is 6. The van der Waals surface area contributed by atoms with Crippen molar-refractivity contribution in [3.63, 3.8) is 0 Å². The van der Waals surface area contributed by atoms with Gasteiger partial charge in [-0.05, 0) is 6.92 Å². The molecular weight excluding hydrogens is 282 g/mol. The molecule has 1 saturated heterocycles. The first-order valence-electron chi connectivity index (χ1n) is 6.72. The van der Waals surface area contributed by atoms with Crippen molar-refractivity contribution in [3.8, 4) is 0 Å². The van der Waals surface area contributed by atoms with Gasteiger partial charge in [-0.1, -0.05) is 0 Å². The van der Waals surface area contributed by atoms with E-state index in [0.717, 1.165) is 0 Å². The lowest BCUT2D eigenvalue weighted by Crippen LogP contribution is -2.51. The Morgan fingerprint density at radius 1 is 1.29 bits per heavy atom. The number of nitrogens with zero attached hydrogens (tertiary/aromatic N) is 1. The summed E-state index contributed by atoms with van der Waals surface area (Å²) >= 11 is 0. The molecule has 9 nitrogen and oxygen atoms in total. The fourth-order valence-corrected chi connectivity index (χ4v) is 1.83. The van der Waals surface area contributed by atoms with Crippen LogP contribution in [0.3, 0.4) is 0 Å². The van der Waals surface area contributed by atoms with Crippen LogP contribution in [0.2, 0.25) is 0 Å². The van der Waals surface area contributed by atoms with Crippen molar-refractivity contribution in [1.29, 1.82) is 0 Å². The van der Waals surface area contributed by atoms with E-state index >= 15 is 0 Å². The second-order valence-electron chi connectivity index (χ2n) is 4.70. The van der Waals surface area contributed by atoms with Crippen LogP contribution in [0.25, 0.3) is 0 Å². The number of carboxylic acids is 1. The van der Waals surface area contributed by atoms with Crippen molar-refractivity contribution < 1.29 is 29.3 Å². The Labute approximate surface area is 122 Å². The molecule has 0 aromatic carbocycles. The molecule has 1 heterocycles. The van der Waals surface area contributed by atoms with Crippen LogP contribution >= 0.6 is 0 Å². The number of hydrogen-bond donors (Lipinski definition) is 4. The van der Waals surface area contributed by atoms with Gasteiger partial charge in [-0.25, -0.2) is 9.59 Å². The molecule has 1 aliphatic heterocycles. The van der Waals surface area contributed by atoms with Crippen molar-refractivity contribution in [2.24, 2.45) is 0 Å². The van der Waals surface area contributed by atoms with Gasteiger partial charge in [-0.15, -0.1) is 0 Å². The van der Waals surface area contributed by atoms with E-state index in [-0.39, 0.29) is 18.9 Å². The van der Waals surface area contributed by atoms with Crippen molar-refractivity contribution >= 4 is 17.9 Å². The van der Waals surface area contributed by atoms with E-state index in [1.807, 2.05) is 0 Å². The van der Waals surface area contributed by atoms with E-state index in [1.165, 1.54) is 6.92 Å². The molecule has 0 aromatic heterocycles. The SMILES string of the molecule is CC(O)C(NC(=O)NCCC(=O)N1CCOCC1)C(=O)O. The normalized spacial score (nSPS) is 17.7. The number of ether oxygens (including phenoxy) is 1. The standard InChI is InChI=1S/C12H21N3O6/c1-8(16)10(11(18)19)14-12(20)13-3-2-9(17)15-4-6-21-7-5-15/h8,10,16H,2-7H2,1H3,(H,18,19)(H2,13,14,20). The molecular formula is C12H21N3O6. The summed E-state index contributed by atoms with van der Waals surface area (Å²) in [4.78, 5) is 35.7. The second kappa shape index (κ2) is 8.42. The van der Waals surface area contributed by atoms with Crippen LogP contribution in [-0.2, 0) is 14.3 Å². The molecule has 2 atom stereocenters. The highest BCUT2D eigenvalue weighted by atomic mass is 16.5. The zero-order chi connectivity index (χ0) is 15.8. The Morgan fingerprint density at radius 2 is 1.90 bits per heavy atom. The average Bonchev–Trinajstić information content (AvgIpc) is 2.45. The van der Waals surface area contributed by atoms with Crippen LogP contribution in [0, 0.1) is 0 Å². The first-order valence-corrected chi connectivity index (χ1v) is 6.72. The molecule has 9 heteroatoms. The highest BCUT2D eigenvalue weighted by Crippen LogP contribution is 1.99. The lowest BCUT2D eigenvalue weighted by molar-refractivity contribution is -0.141. The largest absolute Gasteiger partial charge is 0.480 e. The maximum atomic E-state index is 11.8. The summed E-state index contributed by atoms with van der Waals surface area (Å²) in [6.45, 7) is 3.44. The van der Waals surface area contributed by atoms with Gasteiger partial charge in [0.1, 0.15) is 0 Å². The highest BCUT2D eigenvalue weighted by Gasteiger charge is 2.25. The lowest BCUT2D eigenvalue weighted by atomic mass is 10.2. The maximum absolute atomic E-state index is 11.8. The predicted molar refractivity (Wildman–Crippen MR) is 71.7 cm³/mol. The monoisotopic (exact) mass is 303 g/mol. The molecule has 3 amide bonds. The first-order chi connectivity index (χ1) is 9.91. The van der Waals surface area contributed by atoms with E-state index in [4.69, 9.17) is 9.84 Å². The molecule has 0 saturated carbocycles. The number of aliphatic carboxylic acids is 1. The minimum Gasteiger partial charge on any atom is -0.480 e. The molecule has 120 valence electrons. The Morgan fingerprint density at radius 3 is 2.43 bits per heavy atom. The van der Waals surface area contributed by atoms with Crippen LogP contribution in [0.5, 0.6) is 0 Å². The molecule has 1 fully saturated rings. The molecule has 0 aromatic rings. The molecule has 0 radical (unpaired) electrons. The minimum atomic E-state index is -1.39. The zero-order valence-corrected chi connectivity index (χ0v) is 11.9. The molecule has 1 aliphatic rings. The molecule has 0 bridgehead atoms. The first kappa shape index (κ1) is 17.2. The van der Waals surface area contributed by atoms with Gasteiger partial charge in [0.2, 0.25) is 5.91 Å². The fraction of sp³-hybridized carbons (Fsp3) is 0.750. The van der Waals surface area contributed by atoms with Crippen molar-refractivity contribution in [3.05, 3.63) is 0 Å². The number of aliphatic hydroxyl groups excluding tert-OH is 1. The van der Waals surface area contributed by atoms with Crippen molar-refractivity contribution in [2.75, 3.05) is 32.8 Å². The van der Waals surface area contributed by atoms with Gasteiger partial charge in [0.25, 0.3) is 0 Å². The summed E-state index contributed by atoms with van der Waals surface area (Å²) < 4.78 is 5.13. The van der Waals surface area contributed by atoms with Crippen molar-refractivity contribution in [2.45, 2.75) is 25.5 Å². The summed E-state index contributed by atoms with van der Waals surface area (Å²) in [5.41, 5.74) is 0. The second-order valence-corrected chi connectivity index (χ2v) is 4.70. The van der Waals surface area contributed by atoms with E-state index in [1.54, 1.807) is 4.90 Å². The number of carbonyl (C=O) groups excluding carboxylic acids is 2. The Hall–Kier alpha value is -1.87. The third-order valence-electron chi connectivity index (χ3n) is 3.02. The zero-order valence-electron chi connectivity index (χ0n) is 11.9. The van der Waals surface area contributed by atoms with Gasteiger partial charge in [-0.3, -0.25) is 4.79 Å². The van der Waals surface area contributed by atoms with Crippen LogP contribution in [-0.4, -0.2) is 78.0 Å². The summed E-state index contributed by atoms with van der Waals surface area (Å²) in [5.74, 6) is -1.42. The van der Waals surface area contributed by atoms with Gasteiger partial charge in [0.15, 0.2) is 6.04 Å². The summed E-state index contributed by atoms with van der Waals surface area (Å²) in [6.07, 6.45) is -1.09. The smallest absolute Gasteiger partial charge is 0.328 e. The number of carbonyl (C=O) groups is 3. The van der Waals surface area contributed by atoms with Crippen LogP contribution < -0.4 is 10.6 Å². The van der Waals surface area contributed by atoms with Gasteiger partial charge < -0.3 is 30.5 Å². The van der Waals surface area contributed by atoms with E-state index in [0.29, 0.717) is 26.3 Å². The average molecular weight is 303 g/mol. The third kappa shape index (κ3) is 5.96. The fourth-order valence-electron chi connectivity index (χ4n) is 1.83. The summed E-state index contributed by atoms with van der Waals surface area (Å²) in [7, 11) is 0. The van der Waals surface area contributed by atoms with Crippen LogP contribution in [0.4, 0.5) is 4.79 Å². The maximum Gasteiger partial charge on any atom is 0.328 e. The number of aliphatic hydroxyl groups is 1. The molecule has 21 heavy (non-hydrogen) atoms. The number of urea groups is 1. The Kier molecular flexibility index (Phi) is 6.89. The Balaban J connectivity index is 2.26. The predicted octanol–water partition coefficient (Wildman–Crippen LogP) is -1.63. The van der Waals surface area contributed by atoms with Gasteiger partial charge in [0, 0.05) is 26.1 Å². The number of nitrogens with one attached hydrogen (secondary N) is 2. The third-order valence-corrected chi connectivity index (χ3v) is 3.02. The lowest BCUT2D eigenvalue weighted by Gasteiger charge is -2.26. The highest BCUT2D eigenvalue weighted by molar-refractivity contribution is 5.83. The summed E-state index contributed by atoms with van der Waals surface area (Å²) in [6, 6.07) is -2.13. The molecule has 0 aliphatic carbocycles. The van der Waals surface area contributed by atoms with Gasteiger partial charge in [-0.2, -0.15) is 0 Å². The minimum absolute atomic E-state index is 0.0914. The molecule has 1 rings (SSSR count). The van der Waals surface area contributed by atoms with E-state index in [9.17, 15) is 19.5 Å². The van der Waals surface area contributed by atoms with E-state index in [2.05, 4.69) is 10.6 Å². The van der Waals surface area contributed by atoms with Crippen LogP contribution in [0.15, 0.2) is 0 Å². The van der Waals surface area contributed by atoms with Gasteiger partial charge in [0.05, 0.1) is 19.3 Å². The number of carboxylic acid groups (broad SMARTS) is 1. The van der Waals surface area contributed by atoms with Gasteiger partial charge >= 0.3 is 12.0 Å².